The van der Waals surface area contributed by atoms with Gasteiger partial charge in [-0.1, -0.05) is 34.2 Å². The molecule has 0 aliphatic carbocycles. The van der Waals surface area contributed by atoms with Crippen LogP contribution in [0, 0.1) is 0 Å². The van der Waals surface area contributed by atoms with Gasteiger partial charge in [0, 0.05) is 40.8 Å². The van der Waals surface area contributed by atoms with Crippen molar-refractivity contribution in [2.75, 3.05) is 26.9 Å². The molecular weight excluding hydrogens is 451 g/mol. The van der Waals surface area contributed by atoms with E-state index in [-0.39, 0.29) is 16.2 Å². The summed E-state index contributed by atoms with van der Waals surface area (Å²) in [5.41, 5.74) is 0.890. The number of benzene rings is 2. The molecule has 1 amide bonds. The topological polar surface area (TPSA) is 93.7 Å². The average Bonchev–Trinajstić information content (AvgIpc) is 2.73. The van der Waals surface area contributed by atoms with Crippen LogP contribution in [0.2, 0.25) is 10.0 Å². The zero-order valence-electron chi connectivity index (χ0n) is 16.3. The van der Waals surface area contributed by atoms with Crippen molar-refractivity contribution in [3.8, 4) is 0 Å². The van der Waals surface area contributed by atoms with Crippen LogP contribution in [0.25, 0.3) is 0 Å². The van der Waals surface area contributed by atoms with Gasteiger partial charge in [-0.2, -0.15) is 0 Å². The highest BCUT2D eigenvalue weighted by Gasteiger charge is 2.36. The Kier molecular flexibility index (Phi) is 7.38. The summed E-state index contributed by atoms with van der Waals surface area (Å²) in [4.78, 5) is 19.1. The van der Waals surface area contributed by atoms with Crippen molar-refractivity contribution in [2.24, 2.45) is 0 Å². The van der Waals surface area contributed by atoms with Crippen molar-refractivity contribution in [1.29, 1.82) is 0 Å². The molecule has 7 nitrogen and oxygen atoms in total. The smallest absolute Gasteiger partial charge is 0.262 e. The van der Waals surface area contributed by atoms with Crippen LogP contribution in [0.3, 0.4) is 0 Å². The zero-order chi connectivity index (χ0) is 21.8. The SMILES string of the molecule is CONS(=O)(=O)c1ccc(C(=O)NCC2(c3ccc(Cl)cc3Cl)CCOCC2)cc1. The Morgan fingerprint density at radius 1 is 1.13 bits per heavy atom. The van der Waals surface area contributed by atoms with Gasteiger partial charge in [0.25, 0.3) is 15.9 Å². The maximum atomic E-state index is 12.7. The van der Waals surface area contributed by atoms with E-state index in [1.807, 2.05) is 11.0 Å². The van der Waals surface area contributed by atoms with Crippen LogP contribution < -0.4 is 10.2 Å². The van der Waals surface area contributed by atoms with Crippen molar-refractivity contribution < 1.29 is 22.8 Å². The predicted molar refractivity (Wildman–Crippen MR) is 114 cm³/mol. The van der Waals surface area contributed by atoms with E-state index in [4.69, 9.17) is 27.9 Å². The molecule has 2 N–H and O–H groups in total. The summed E-state index contributed by atoms with van der Waals surface area (Å²) < 4.78 is 29.4. The Bertz CT molecular complexity index is 1010. The van der Waals surface area contributed by atoms with Crippen LogP contribution in [-0.2, 0) is 25.0 Å². The maximum absolute atomic E-state index is 12.7. The first kappa shape index (κ1) is 23.0. The lowest BCUT2D eigenvalue weighted by molar-refractivity contribution is 0.0487. The Balaban J connectivity index is 1.77. The molecule has 0 atom stereocenters. The molecule has 1 aliphatic rings. The number of nitrogens with one attached hydrogen (secondary N) is 2. The third-order valence-electron chi connectivity index (χ3n) is 5.16. The summed E-state index contributed by atoms with van der Waals surface area (Å²) in [6.45, 7) is 1.49. The number of amides is 1. The third-order valence-corrected chi connectivity index (χ3v) is 6.99. The molecule has 0 aromatic heterocycles. The molecule has 2 aromatic rings. The zero-order valence-corrected chi connectivity index (χ0v) is 18.6. The minimum atomic E-state index is -3.78. The molecule has 2 aromatic carbocycles. The lowest BCUT2D eigenvalue weighted by Gasteiger charge is -2.38. The van der Waals surface area contributed by atoms with Crippen LogP contribution >= 0.6 is 23.2 Å². The highest BCUT2D eigenvalue weighted by atomic mass is 35.5. The minimum Gasteiger partial charge on any atom is -0.381 e. The Morgan fingerprint density at radius 3 is 2.40 bits per heavy atom. The van der Waals surface area contributed by atoms with Crippen LogP contribution in [0.4, 0.5) is 0 Å². The summed E-state index contributed by atoms with van der Waals surface area (Å²) in [5, 5.41) is 4.06. The minimum absolute atomic E-state index is 0.00487. The van der Waals surface area contributed by atoms with Gasteiger partial charge in [-0.3, -0.25) is 9.63 Å². The molecule has 1 heterocycles. The fourth-order valence-electron chi connectivity index (χ4n) is 3.52. The quantitative estimate of drug-likeness (QED) is 0.602. The Hall–Kier alpha value is -1.68. The molecule has 1 aliphatic heterocycles. The fourth-order valence-corrected chi connectivity index (χ4v) is 4.94. The van der Waals surface area contributed by atoms with E-state index in [1.165, 1.54) is 31.4 Å². The summed E-state index contributed by atoms with van der Waals surface area (Å²) in [6, 6.07) is 11.0. The number of hydrogen-bond acceptors (Lipinski definition) is 5. The Morgan fingerprint density at radius 2 is 1.80 bits per heavy atom. The third kappa shape index (κ3) is 5.14. The standard InChI is InChI=1S/C20H22Cl2N2O5S/c1-28-24-30(26,27)16-5-2-14(3-6-16)19(25)23-13-20(8-10-29-11-9-20)17-7-4-15(21)12-18(17)22/h2-7,12,24H,8-11,13H2,1H3,(H,23,25). The highest BCUT2D eigenvalue weighted by Crippen LogP contribution is 2.39. The second-order valence-corrected chi connectivity index (χ2v) is 9.50. The molecule has 0 bridgehead atoms. The molecule has 162 valence electrons. The summed E-state index contributed by atoms with van der Waals surface area (Å²) in [7, 11) is -2.57. The predicted octanol–water partition coefficient (Wildman–Crippen LogP) is 3.31. The molecule has 0 radical (unpaired) electrons. The van der Waals surface area contributed by atoms with E-state index < -0.39 is 10.0 Å². The molecule has 1 fully saturated rings. The van der Waals surface area contributed by atoms with Gasteiger partial charge < -0.3 is 10.1 Å². The van der Waals surface area contributed by atoms with E-state index in [0.717, 1.165) is 5.56 Å². The first-order valence-electron chi connectivity index (χ1n) is 9.24. The van der Waals surface area contributed by atoms with Gasteiger partial charge >= 0.3 is 0 Å². The number of carbonyl (C=O) groups is 1. The van der Waals surface area contributed by atoms with E-state index in [2.05, 4.69) is 10.2 Å². The average molecular weight is 473 g/mol. The van der Waals surface area contributed by atoms with E-state index in [0.29, 0.717) is 48.2 Å². The first-order valence-corrected chi connectivity index (χ1v) is 11.5. The van der Waals surface area contributed by atoms with Gasteiger partial charge in [0.15, 0.2) is 0 Å². The van der Waals surface area contributed by atoms with Gasteiger partial charge in [-0.25, -0.2) is 8.42 Å². The molecule has 1 saturated heterocycles. The van der Waals surface area contributed by atoms with E-state index in [1.54, 1.807) is 12.1 Å². The monoisotopic (exact) mass is 472 g/mol. The van der Waals surface area contributed by atoms with Crippen molar-refractivity contribution in [3.63, 3.8) is 0 Å². The van der Waals surface area contributed by atoms with Gasteiger partial charge in [-0.15, -0.1) is 0 Å². The largest absolute Gasteiger partial charge is 0.381 e. The van der Waals surface area contributed by atoms with Gasteiger partial charge in [0.2, 0.25) is 0 Å². The van der Waals surface area contributed by atoms with Crippen molar-refractivity contribution in [3.05, 3.63) is 63.6 Å². The number of sulfonamides is 1. The maximum Gasteiger partial charge on any atom is 0.262 e. The second-order valence-electron chi connectivity index (χ2n) is 7.01. The molecule has 30 heavy (non-hydrogen) atoms. The van der Waals surface area contributed by atoms with Crippen LogP contribution in [0.15, 0.2) is 47.4 Å². The van der Waals surface area contributed by atoms with Gasteiger partial charge in [-0.05, 0) is 54.8 Å². The Labute approximate surface area is 185 Å². The van der Waals surface area contributed by atoms with Crippen LogP contribution in [-0.4, -0.2) is 41.2 Å². The fraction of sp³-hybridized carbons (Fsp3) is 0.350. The molecule has 3 rings (SSSR count). The summed E-state index contributed by atoms with van der Waals surface area (Å²) in [5.74, 6) is -0.311. The van der Waals surface area contributed by atoms with Gasteiger partial charge in [0.1, 0.15) is 0 Å². The lowest BCUT2D eigenvalue weighted by Crippen LogP contribution is -2.44. The molecular formula is C20H22Cl2N2O5S. The molecule has 0 saturated carbocycles. The number of rotatable bonds is 7. The number of ether oxygens (including phenoxy) is 1. The molecule has 0 spiro atoms. The number of hydrogen-bond donors (Lipinski definition) is 2. The molecule has 10 heteroatoms. The number of halogens is 2. The number of carbonyl (C=O) groups excluding carboxylic acids is 1. The highest BCUT2D eigenvalue weighted by molar-refractivity contribution is 7.89. The second kappa shape index (κ2) is 9.64. The summed E-state index contributed by atoms with van der Waals surface area (Å²) in [6.07, 6.45) is 1.41. The molecule has 0 unspecified atom stereocenters. The van der Waals surface area contributed by atoms with Crippen molar-refractivity contribution in [1.82, 2.24) is 10.2 Å². The summed E-state index contributed by atoms with van der Waals surface area (Å²) >= 11 is 12.5. The van der Waals surface area contributed by atoms with Crippen molar-refractivity contribution in [2.45, 2.75) is 23.2 Å². The van der Waals surface area contributed by atoms with Crippen molar-refractivity contribution >= 4 is 39.1 Å². The lowest BCUT2D eigenvalue weighted by atomic mass is 9.74. The van der Waals surface area contributed by atoms with E-state index >= 15 is 0 Å². The van der Waals surface area contributed by atoms with Crippen LogP contribution in [0.1, 0.15) is 28.8 Å². The first-order chi connectivity index (χ1) is 14.3. The normalized spacial score (nSPS) is 16.2. The van der Waals surface area contributed by atoms with E-state index in [9.17, 15) is 13.2 Å². The van der Waals surface area contributed by atoms with Gasteiger partial charge in [0.05, 0.1) is 12.0 Å². The van der Waals surface area contributed by atoms with Crippen LogP contribution in [0.5, 0.6) is 0 Å².